The fourth-order valence-corrected chi connectivity index (χ4v) is 1.47. The molecule has 1 rings (SSSR count). The van der Waals surface area contributed by atoms with Gasteiger partial charge in [0.15, 0.2) is 0 Å². The SMILES string of the molecule is CCCCOCCCNc1cnccc1C(=O)O. The lowest BCUT2D eigenvalue weighted by Crippen LogP contribution is -2.10. The van der Waals surface area contributed by atoms with Crippen LogP contribution in [0.1, 0.15) is 36.5 Å². The van der Waals surface area contributed by atoms with Crippen molar-refractivity contribution >= 4 is 11.7 Å². The van der Waals surface area contributed by atoms with Crippen LogP contribution in [-0.2, 0) is 4.74 Å². The Balaban J connectivity index is 2.25. The van der Waals surface area contributed by atoms with E-state index in [1.54, 1.807) is 0 Å². The first-order valence-corrected chi connectivity index (χ1v) is 6.24. The Kier molecular flexibility index (Phi) is 6.79. The van der Waals surface area contributed by atoms with Gasteiger partial charge in [-0.15, -0.1) is 0 Å². The van der Waals surface area contributed by atoms with Crippen molar-refractivity contribution in [1.82, 2.24) is 4.98 Å². The van der Waals surface area contributed by atoms with E-state index < -0.39 is 5.97 Å². The minimum absolute atomic E-state index is 0.247. The maximum absolute atomic E-state index is 10.9. The molecule has 2 N–H and O–H groups in total. The zero-order chi connectivity index (χ0) is 13.2. The third kappa shape index (κ3) is 5.14. The van der Waals surface area contributed by atoms with E-state index in [1.807, 2.05) is 0 Å². The Labute approximate surface area is 107 Å². The predicted molar refractivity (Wildman–Crippen MR) is 70.0 cm³/mol. The number of pyridine rings is 1. The smallest absolute Gasteiger partial charge is 0.337 e. The van der Waals surface area contributed by atoms with Crippen LogP contribution in [0.15, 0.2) is 18.5 Å². The minimum Gasteiger partial charge on any atom is -0.478 e. The van der Waals surface area contributed by atoms with Crippen LogP contribution in [0.25, 0.3) is 0 Å². The number of rotatable bonds is 9. The maximum atomic E-state index is 10.9. The average molecular weight is 252 g/mol. The minimum atomic E-state index is -0.945. The molecule has 0 saturated heterocycles. The molecule has 5 heteroatoms. The van der Waals surface area contributed by atoms with Crippen molar-refractivity contribution in [2.24, 2.45) is 0 Å². The highest BCUT2D eigenvalue weighted by molar-refractivity contribution is 5.93. The summed E-state index contributed by atoms with van der Waals surface area (Å²) in [7, 11) is 0. The molecule has 0 aliphatic heterocycles. The van der Waals surface area contributed by atoms with E-state index in [0.29, 0.717) is 18.8 Å². The highest BCUT2D eigenvalue weighted by atomic mass is 16.5. The summed E-state index contributed by atoms with van der Waals surface area (Å²) in [4.78, 5) is 14.8. The van der Waals surface area contributed by atoms with Gasteiger partial charge in [-0.2, -0.15) is 0 Å². The fourth-order valence-electron chi connectivity index (χ4n) is 1.47. The van der Waals surface area contributed by atoms with E-state index in [1.165, 1.54) is 18.5 Å². The molecule has 0 amide bonds. The second-order valence-electron chi connectivity index (χ2n) is 3.97. The lowest BCUT2D eigenvalue weighted by Gasteiger charge is -2.08. The van der Waals surface area contributed by atoms with Crippen LogP contribution in [0.5, 0.6) is 0 Å². The lowest BCUT2D eigenvalue weighted by atomic mass is 10.2. The van der Waals surface area contributed by atoms with Gasteiger partial charge < -0.3 is 15.2 Å². The quantitative estimate of drug-likeness (QED) is 0.660. The van der Waals surface area contributed by atoms with Crippen LogP contribution in [0.4, 0.5) is 5.69 Å². The summed E-state index contributed by atoms with van der Waals surface area (Å²) in [5.74, 6) is -0.945. The van der Waals surface area contributed by atoms with E-state index in [9.17, 15) is 4.79 Å². The van der Waals surface area contributed by atoms with Crippen molar-refractivity contribution in [3.05, 3.63) is 24.0 Å². The van der Waals surface area contributed by atoms with E-state index >= 15 is 0 Å². The molecule has 1 aromatic rings. The molecule has 0 aliphatic rings. The van der Waals surface area contributed by atoms with Crippen LogP contribution >= 0.6 is 0 Å². The van der Waals surface area contributed by atoms with E-state index in [4.69, 9.17) is 9.84 Å². The third-order valence-electron chi connectivity index (χ3n) is 2.47. The molecule has 0 aliphatic carbocycles. The normalized spacial score (nSPS) is 10.3. The summed E-state index contributed by atoms with van der Waals surface area (Å²) in [5, 5.41) is 12.0. The molecule has 1 aromatic heterocycles. The second kappa shape index (κ2) is 8.47. The summed E-state index contributed by atoms with van der Waals surface area (Å²) in [6.45, 7) is 4.29. The summed E-state index contributed by atoms with van der Waals surface area (Å²) in [5.41, 5.74) is 0.801. The van der Waals surface area contributed by atoms with E-state index in [2.05, 4.69) is 17.2 Å². The first-order valence-electron chi connectivity index (χ1n) is 6.24. The number of carbonyl (C=O) groups is 1. The number of hydrogen-bond acceptors (Lipinski definition) is 4. The Hall–Kier alpha value is -1.62. The Morgan fingerprint density at radius 1 is 1.44 bits per heavy atom. The number of unbranched alkanes of at least 4 members (excludes halogenated alkanes) is 1. The first kappa shape index (κ1) is 14.4. The molecule has 0 spiro atoms. The Morgan fingerprint density at radius 3 is 2.94 bits per heavy atom. The number of aromatic nitrogens is 1. The van der Waals surface area contributed by atoms with Gasteiger partial charge in [0, 0.05) is 26.0 Å². The largest absolute Gasteiger partial charge is 0.478 e. The number of nitrogens with one attached hydrogen (secondary N) is 1. The van der Waals surface area contributed by atoms with Crippen molar-refractivity contribution in [3.8, 4) is 0 Å². The van der Waals surface area contributed by atoms with Crippen LogP contribution in [-0.4, -0.2) is 35.8 Å². The molecule has 0 unspecified atom stereocenters. The third-order valence-corrected chi connectivity index (χ3v) is 2.47. The molecule has 0 fully saturated rings. The lowest BCUT2D eigenvalue weighted by molar-refractivity contribution is 0.0698. The van der Waals surface area contributed by atoms with Crippen LogP contribution < -0.4 is 5.32 Å². The fraction of sp³-hybridized carbons (Fsp3) is 0.538. The van der Waals surface area contributed by atoms with Crippen molar-refractivity contribution in [1.29, 1.82) is 0 Å². The summed E-state index contributed by atoms with van der Waals surface area (Å²) in [6, 6.07) is 1.49. The number of carboxylic acid groups (broad SMARTS) is 1. The maximum Gasteiger partial charge on any atom is 0.337 e. The topological polar surface area (TPSA) is 71.5 Å². The zero-order valence-electron chi connectivity index (χ0n) is 10.7. The summed E-state index contributed by atoms with van der Waals surface area (Å²) >= 11 is 0. The summed E-state index contributed by atoms with van der Waals surface area (Å²) < 4.78 is 5.42. The van der Waals surface area contributed by atoms with Crippen LogP contribution in [0, 0.1) is 0 Å². The van der Waals surface area contributed by atoms with Gasteiger partial charge in [0.1, 0.15) is 0 Å². The number of hydrogen-bond donors (Lipinski definition) is 2. The molecule has 5 nitrogen and oxygen atoms in total. The van der Waals surface area contributed by atoms with E-state index in [-0.39, 0.29) is 5.56 Å². The van der Waals surface area contributed by atoms with Crippen molar-refractivity contribution in [2.45, 2.75) is 26.2 Å². The number of aromatic carboxylic acids is 1. The van der Waals surface area contributed by atoms with Crippen molar-refractivity contribution in [2.75, 3.05) is 25.1 Å². The van der Waals surface area contributed by atoms with Crippen LogP contribution in [0.2, 0.25) is 0 Å². The number of nitrogens with zero attached hydrogens (tertiary/aromatic N) is 1. The van der Waals surface area contributed by atoms with Crippen molar-refractivity contribution < 1.29 is 14.6 Å². The molecule has 0 saturated carbocycles. The average Bonchev–Trinajstić information content (AvgIpc) is 2.38. The molecule has 18 heavy (non-hydrogen) atoms. The number of ether oxygens (including phenoxy) is 1. The molecule has 0 radical (unpaired) electrons. The van der Waals surface area contributed by atoms with Crippen LogP contribution in [0.3, 0.4) is 0 Å². The first-order chi connectivity index (χ1) is 8.75. The molecule has 0 bridgehead atoms. The molecular weight excluding hydrogens is 232 g/mol. The predicted octanol–water partition coefficient (Wildman–Crippen LogP) is 2.40. The van der Waals surface area contributed by atoms with Gasteiger partial charge in [-0.25, -0.2) is 4.79 Å². The standard InChI is InChI=1S/C13H20N2O3/c1-2-3-8-18-9-4-6-15-12-10-14-7-5-11(12)13(16)17/h5,7,10,15H,2-4,6,8-9H2,1H3,(H,16,17). The van der Waals surface area contributed by atoms with Gasteiger partial charge in [-0.3, -0.25) is 4.98 Å². The molecular formula is C13H20N2O3. The molecule has 100 valence electrons. The second-order valence-corrected chi connectivity index (χ2v) is 3.97. The molecule has 1 heterocycles. The van der Waals surface area contributed by atoms with E-state index in [0.717, 1.165) is 25.9 Å². The summed E-state index contributed by atoms with van der Waals surface area (Å²) in [6.07, 6.45) is 6.07. The van der Waals surface area contributed by atoms with Gasteiger partial charge in [-0.1, -0.05) is 13.3 Å². The zero-order valence-corrected chi connectivity index (χ0v) is 10.7. The van der Waals surface area contributed by atoms with Gasteiger partial charge >= 0.3 is 5.97 Å². The number of anilines is 1. The highest BCUT2D eigenvalue weighted by Crippen LogP contribution is 2.12. The monoisotopic (exact) mass is 252 g/mol. The van der Waals surface area contributed by atoms with Crippen molar-refractivity contribution in [3.63, 3.8) is 0 Å². The molecule has 0 aromatic carbocycles. The Morgan fingerprint density at radius 2 is 2.22 bits per heavy atom. The van der Waals surface area contributed by atoms with Gasteiger partial charge in [0.2, 0.25) is 0 Å². The van der Waals surface area contributed by atoms with Gasteiger partial charge in [-0.05, 0) is 18.9 Å². The number of carboxylic acids is 1. The molecule has 0 atom stereocenters. The highest BCUT2D eigenvalue weighted by Gasteiger charge is 2.08. The Bertz CT molecular complexity index is 369. The van der Waals surface area contributed by atoms with Gasteiger partial charge in [0.05, 0.1) is 17.4 Å². The van der Waals surface area contributed by atoms with Gasteiger partial charge in [0.25, 0.3) is 0 Å².